The van der Waals surface area contributed by atoms with Gasteiger partial charge in [-0.3, -0.25) is 9.78 Å². The Morgan fingerprint density at radius 1 is 1.03 bits per heavy atom. The molecular formula is C25H28ClFN2O2. The maximum absolute atomic E-state index is 13.1. The summed E-state index contributed by atoms with van der Waals surface area (Å²) in [5.41, 5.74) is 3.64. The van der Waals surface area contributed by atoms with Gasteiger partial charge in [-0.2, -0.15) is 0 Å². The molecule has 0 aliphatic carbocycles. The van der Waals surface area contributed by atoms with E-state index in [0.717, 1.165) is 35.3 Å². The minimum absolute atomic E-state index is 0. The van der Waals surface area contributed by atoms with E-state index in [-0.39, 0.29) is 24.1 Å². The number of benzene rings is 2. The predicted octanol–water partition coefficient (Wildman–Crippen LogP) is 5.39. The molecule has 31 heavy (non-hydrogen) atoms. The van der Waals surface area contributed by atoms with Gasteiger partial charge in [-0.05, 0) is 77.9 Å². The summed E-state index contributed by atoms with van der Waals surface area (Å²) in [6.07, 6.45) is 5.06. The van der Waals surface area contributed by atoms with Crippen LogP contribution in [0.25, 0.3) is 0 Å². The molecule has 0 aliphatic rings. The van der Waals surface area contributed by atoms with Gasteiger partial charge >= 0.3 is 0 Å². The van der Waals surface area contributed by atoms with E-state index < -0.39 is 0 Å². The molecule has 0 fully saturated rings. The Bertz CT molecular complexity index is 963. The van der Waals surface area contributed by atoms with Gasteiger partial charge in [0.15, 0.2) is 0 Å². The number of nitrogens with zero attached hydrogens (tertiary/aromatic N) is 1. The summed E-state index contributed by atoms with van der Waals surface area (Å²) >= 11 is 0. The first-order valence-corrected chi connectivity index (χ1v) is 10.2. The van der Waals surface area contributed by atoms with Crippen molar-refractivity contribution in [2.45, 2.75) is 33.3 Å². The molecule has 0 bridgehead atoms. The van der Waals surface area contributed by atoms with Gasteiger partial charge in [-0.15, -0.1) is 12.4 Å². The smallest absolute Gasteiger partial charge is 0.251 e. The van der Waals surface area contributed by atoms with E-state index >= 15 is 0 Å². The number of amides is 1. The predicted molar refractivity (Wildman–Crippen MR) is 123 cm³/mol. The first-order valence-electron chi connectivity index (χ1n) is 10.2. The third-order valence-electron chi connectivity index (χ3n) is 4.71. The third-order valence-corrected chi connectivity index (χ3v) is 4.71. The van der Waals surface area contributed by atoms with Crippen LogP contribution in [0.15, 0.2) is 67.0 Å². The fourth-order valence-electron chi connectivity index (χ4n) is 3.17. The van der Waals surface area contributed by atoms with Crippen LogP contribution >= 0.6 is 12.4 Å². The highest BCUT2D eigenvalue weighted by atomic mass is 35.5. The van der Waals surface area contributed by atoms with Crippen LogP contribution in [-0.2, 0) is 19.4 Å². The zero-order chi connectivity index (χ0) is 21.3. The lowest BCUT2D eigenvalue weighted by Crippen LogP contribution is -2.25. The molecule has 6 heteroatoms. The molecule has 0 radical (unpaired) electrons. The molecule has 1 N–H and O–H groups in total. The average Bonchev–Trinajstić information content (AvgIpc) is 2.74. The standard InChI is InChI=1S/C25H27FN2O2.ClH/c1-18(2)15-22-16-21(25(29)28-14-11-19-9-12-27-13-10-19)5-8-24(22)30-17-20-3-6-23(26)7-4-20;/h3-10,12-13,16,18H,11,14-15,17H2,1-2H3,(H,28,29);1H. The Morgan fingerprint density at radius 3 is 2.42 bits per heavy atom. The third kappa shape index (κ3) is 7.68. The van der Waals surface area contributed by atoms with Crippen LogP contribution in [0.5, 0.6) is 5.75 Å². The van der Waals surface area contributed by atoms with Gasteiger partial charge in [0.1, 0.15) is 18.2 Å². The molecule has 1 aromatic heterocycles. The number of aromatic nitrogens is 1. The molecule has 3 aromatic rings. The SMILES string of the molecule is CC(C)Cc1cc(C(=O)NCCc2ccncc2)ccc1OCc1ccc(F)cc1.Cl. The van der Waals surface area contributed by atoms with Crippen LogP contribution in [-0.4, -0.2) is 17.4 Å². The summed E-state index contributed by atoms with van der Waals surface area (Å²) in [6.45, 7) is 5.17. The molecule has 0 saturated heterocycles. The summed E-state index contributed by atoms with van der Waals surface area (Å²) < 4.78 is 19.1. The highest BCUT2D eigenvalue weighted by molar-refractivity contribution is 5.94. The Kier molecular flexibility index (Phi) is 9.47. The van der Waals surface area contributed by atoms with Crippen molar-refractivity contribution in [2.75, 3.05) is 6.54 Å². The summed E-state index contributed by atoms with van der Waals surface area (Å²) in [7, 11) is 0. The summed E-state index contributed by atoms with van der Waals surface area (Å²) in [4.78, 5) is 16.6. The summed E-state index contributed by atoms with van der Waals surface area (Å²) in [5, 5.41) is 2.97. The van der Waals surface area contributed by atoms with Gasteiger partial charge in [0.05, 0.1) is 0 Å². The molecular weight excluding hydrogens is 415 g/mol. The van der Waals surface area contributed by atoms with E-state index in [9.17, 15) is 9.18 Å². The quantitative estimate of drug-likeness (QED) is 0.483. The highest BCUT2D eigenvalue weighted by Crippen LogP contribution is 2.24. The number of carbonyl (C=O) groups excluding carboxylic acids is 1. The van der Waals surface area contributed by atoms with Crippen molar-refractivity contribution in [3.8, 4) is 5.75 Å². The number of hydrogen-bond acceptors (Lipinski definition) is 3. The molecule has 0 unspecified atom stereocenters. The number of carbonyl (C=O) groups is 1. The number of ether oxygens (including phenoxy) is 1. The zero-order valence-electron chi connectivity index (χ0n) is 17.8. The summed E-state index contributed by atoms with van der Waals surface area (Å²) in [5.74, 6) is 0.808. The molecule has 0 atom stereocenters. The minimum Gasteiger partial charge on any atom is -0.489 e. The van der Waals surface area contributed by atoms with Gasteiger partial charge in [-0.25, -0.2) is 4.39 Å². The second-order valence-corrected chi connectivity index (χ2v) is 7.70. The van der Waals surface area contributed by atoms with E-state index in [4.69, 9.17) is 4.74 Å². The normalized spacial score (nSPS) is 10.5. The van der Waals surface area contributed by atoms with Crippen LogP contribution in [0.4, 0.5) is 4.39 Å². The largest absolute Gasteiger partial charge is 0.489 e. The van der Waals surface area contributed by atoms with Gasteiger partial charge in [0, 0.05) is 24.5 Å². The molecule has 1 amide bonds. The van der Waals surface area contributed by atoms with Crippen LogP contribution < -0.4 is 10.1 Å². The zero-order valence-corrected chi connectivity index (χ0v) is 18.6. The van der Waals surface area contributed by atoms with Crippen molar-refractivity contribution in [3.63, 3.8) is 0 Å². The van der Waals surface area contributed by atoms with Crippen molar-refractivity contribution in [3.05, 3.63) is 95.1 Å². The molecule has 2 aromatic carbocycles. The molecule has 0 saturated carbocycles. The van der Waals surface area contributed by atoms with E-state index in [1.165, 1.54) is 12.1 Å². The van der Waals surface area contributed by atoms with Crippen LogP contribution in [0.3, 0.4) is 0 Å². The average molecular weight is 443 g/mol. The topological polar surface area (TPSA) is 51.2 Å². The Hall–Kier alpha value is -2.92. The van der Waals surface area contributed by atoms with Crippen LogP contribution in [0.2, 0.25) is 0 Å². The second-order valence-electron chi connectivity index (χ2n) is 7.70. The highest BCUT2D eigenvalue weighted by Gasteiger charge is 2.12. The molecule has 0 spiro atoms. The van der Waals surface area contributed by atoms with E-state index in [0.29, 0.717) is 24.6 Å². The monoisotopic (exact) mass is 442 g/mol. The number of pyridine rings is 1. The first-order chi connectivity index (χ1) is 14.5. The lowest BCUT2D eigenvalue weighted by molar-refractivity contribution is 0.0954. The molecule has 1 heterocycles. The van der Waals surface area contributed by atoms with E-state index in [2.05, 4.69) is 24.1 Å². The lowest BCUT2D eigenvalue weighted by Gasteiger charge is -2.15. The van der Waals surface area contributed by atoms with Crippen molar-refractivity contribution in [1.29, 1.82) is 0 Å². The molecule has 3 rings (SSSR count). The van der Waals surface area contributed by atoms with Crippen molar-refractivity contribution < 1.29 is 13.9 Å². The molecule has 4 nitrogen and oxygen atoms in total. The van der Waals surface area contributed by atoms with Crippen LogP contribution in [0, 0.1) is 11.7 Å². The van der Waals surface area contributed by atoms with E-state index in [1.807, 2.05) is 24.3 Å². The van der Waals surface area contributed by atoms with Crippen molar-refractivity contribution in [2.24, 2.45) is 5.92 Å². The minimum atomic E-state index is -0.265. The van der Waals surface area contributed by atoms with Gasteiger partial charge in [0.2, 0.25) is 0 Å². The summed E-state index contributed by atoms with van der Waals surface area (Å²) in [6, 6.07) is 15.7. The van der Waals surface area contributed by atoms with Gasteiger partial charge in [-0.1, -0.05) is 26.0 Å². The second kappa shape index (κ2) is 12.1. The number of hydrogen-bond donors (Lipinski definition) is 1. The number of rotatable bonds is 9. The fraction of sp³-hybridized carbons (Fsp3) is 0.280. The molecule has 0 aliphatic heterocycles. The lowest BCUT2D eigenvalue weighted by atomic mass is 9.99. The van der Waals surface area contributed by atoms with Crippen molar-refractivity contribution >= 4 is 18.3 Å². The Balaban J connectivity index is 0.00000341. The first kappa shape index (κ1) is 24.4. The number of halogens is 2. The maximum Gasteiger partial charge on any atom is 0.251 e. The van der Waals surface area contributed by atoms with Gasteiger partial charge < -0.3 is 10.1 Å². The Morgan fingerprint density at radius 2 is 1.74 bits per heavy atom. The molecule has 164 valence electrons. The van der Waals surface area contributed by atoms with Crippen molar-refractivity contribution in [1.82, 2.24) is 10.3 Å². The number of nitrogens with one attached hydrogen (secondary N) is 1. The fourth-order valence-corrected chi connectivity index (χ4v) is 3.17. The Labute approximate surface area is 189 Å². The van der Waals surface area contributed by atoms with E-state index in [1.54, 1.807) is 30.6 Å². The van der Waals surface area contributed by atoms with Crippen LogP contribution in [0.1, 0.15) is 40.9 Å². The maximum atomic E-state index is 13.1. The van der Waals surface area contributed by atoms with Gasteiger partial charge in [0.25, 0.3) is 5.91 Å².